The monoisotopic (exact) mass is 464 g/mol. The van der Waals surface area contributed by atoms with E-state index in [9.17, 15) is 4.79 Å². The summed E-state index contributed by atoms with van der Waals surface area (Å²) in [5, 5.41) is 4.38. The number of imidazole rings is 1. The van der Waals surface area contributed by atoms with Crippen LogP contribution < -0.4 is 4.74 Å². The molecular formula is C24H28N4O4Si. The van der Waals surface area contributed by atoms with Gasteiger partial charge in [-0.25, -0.2) is 14.5 Å². The van der Waals surface area contributed by atoms with Gasteiger partial charge in [0.1, 0.15) is 23.9 Å². The molecule has 4 rings (SSSR count). The van der Waals surface area contributed by atoms with Gasteiger partial charge in [0.25, 0.3) is 0 Å². The Morgan fingerprint density at radius 1 is 1.03 bits per heavy atom. The third kappa shape index (κ3) is 5.68. The van der Waals surface area contributed by atoms with Crippen LogP contribution in [0.25, 0.3) is 16.9 Å². The van der Waals surface area contributed by atoms with Gasteiger partial charge in [-0.15, -0.1) is 0 Å². The number of nitrogens with zero attached hydrogens (tertiary/aromatic N) is 4. The molecule has 0 spiro atoms. The molecule has 0 atom stereocenters. The Bertz CT molecular complexity index is 1220. The van der Waals surface area contributed by atoms with Crippen LogP contribution in [0, 0.1) is 0 Å². The van der Waals surface area contributed by atoms with Crippen LogP contribution in [0.5, 0.6) is 11.5 Å². The fraction of sp³-hybridized carbons (Fsp3) is 0.292. The number of carbonyl (C=O) groups is 1. The van der Waals surface area contributed by atoms with Crippen LogP contribution in [0.4, 0.5) is 0 Å². The maximum atomic E-state index is 11.9. The van der Waals surface area contributed by atoms with Gasteiger partial charge in [-0.3, -0.25) is 0 Å². The summed E-state index contributed by atoms with van der Waals surface area (Å²) < 4.78 is 20.4. The van der Waals surface area contributed by atoms with Crippen molar-refractivity contribution in [3.8, 4) is 22.8 Å². The first-order chi connectivity index (χ1) is 16.0. The van der Waals surface area contributed by atoms with E-state index < -0.39 is 14.8 Å². The number of esters is 1. The summed E-state index contributed by atoms with van der Waals surface area (Å²) in [5.74, 6) is 0.897. The molecule has 0 saturated carbocycles. The summed E-state index contributed by atoms with van der Waals surface area (Å²) >= 11 is 0. The van der Waals surface area contributed by atoms with E-state index >= 15 is 0 Å². The number of aromatic nitrogens is 4. The SMILES string of the molecule is CCOC(=O)c1cn2cc(Oc3ccc(-c4ccnn4COCC[SiH](C)C)cc3)ccc2n1. The lowest BCUT2D eigenvalue weighted by molar-refractivity contribution is 0.0520. The lowest BCUT2D eigenvalue weighted by Crippen LogP contribution is -2.10. The van der Waals surface area contributed by atoms with Crippen LogP contribution in [-0.2, 0) is 16.2 Å². The molecule has 8 nitrogen and oxygen atoms in total. The second kappa shape index (κ2) is 10.5. The summed E-state index contributed by atoms with van der Waals surface area (Å²) in [6.45, 7) is 7.94. The van der Waals surface area contributed by atoms with Crippen LogP contribution in [-0.4, -0.2) is 47.1 Å². The molecule has 0 radical (unpaired) electrons. The number of hydrogen-bond donors (Lipinski definition) is 0. The Kier molecular flexibility index (Phi) is 7.21. The summed E-state index contributed by atoms with van der Waals surface area (Å²) in [6, 6.07) is 14.6. The van der Waals surface area contributed by atoms with Gasteiger partial charge in [-0.05, 0) is 55.4 Å². The van der Waals surface area contributed by atoms with Crippen molar-refractivity contribution in [3.05, 3.63) is 66.7 Å². The molecule has 172 valence electrons. The third-order valence-corrected chi connectivity index (χ3v) is 6.45. The van der Waals surface area contributed by atoms with Crippen LogP contribution in [0.1, 0.15) is 17.4 Å². The van der Waals surface area contributed by atoms with Crippen molar-refractivity contribution in [1.82, 2.24) is 19.2 Å². The average Bonchev–Trinajstić information content (AvgIpc) is 3.44. The zero-order valence-electron chi connectivity index (χ0n) is 19.1. The van der Waals surface area contributed by atoms with Crippen molar-refractivity contribution in [2.75, 3.05) is 13.2 Å². The van der Waals surface area contributed by atoms with Crippen LogP contribution in [0.2, 0.25) is 19.1 Å². The molecule has 0 fully saturated rings. The fourth-order valence-corrected chi connectivity index (χ4v) is 3.95. The molecule has 1 aromatic carbocycles. The van der Waals surface area contributed by atoms with Gasteiger partial charge in [-0.1, -0.05) is 13.1 Å². The molecule has 9 heteroatoms. The van der Waals surface area contributed by atoms with Crippen molar-refractivity contribution >= 4 is 20.4 Å². The summed E-state index contributed by atoms with van der Waals surface area (Å²) in [5.41, 5.74) is 2.94. The zero-order valence-corrected chi connectivity index (χ0v) is 20.3. The highest BCUT2D eigenvalue weighted by molar-refractivity contribution is 6.55. The van der Waals surface area contributed by atoms with E-state index in [4.69, 9.17) is 14.2 Å². The van der Waals surface area contributed by atoms with Gasteiger partial charge in [-0.2, -0.15) is 5.10 Å². The third-order valence-electron chi connectivity index (χ3n) is 5.06. The number of benzene rings is 1. The second-order valence-corrected chi connectivity index (χ2v) is 11.4. The Morgan fingerprint density at radius 3 is 2.58 bits per heavy atom. The first-order valence-corrected chi connectivity index (χ1v) is 14.2. The van der Waals surface area contributed by atoms with Crippen molar-refractivity contribution in [2.45, 2.75) is 32.8 Å². The maximum Gasteiger partial charge on any atom is 0.358 e. The molecule has 4 aromatic rings. The average molecular weight is 465 g/mol. The largest absolute Gasteiger partial charge is 0.461 e. The first-order valence-electron chi connectivity index (χ1n) is 11.1. The van der Waals surface area contributed by atoms with E-state index in [1.807, 2.05) is 41.1 Å². The minimum Gasteiger partial charge on any atom is -0.461 e. The zero-order chi connectivity index (χ0) is 23.2. The molecule has 3 heterocycles. The van der Waals surface area contributed by atoms with Gasteiger partial charge in [0.2, 0.25) is 0 Å². The summed E-state index contributed by atoms with van der Waals surface area (Å²) in [4.78, 5) is 16.2. The Labute approximate surface area is 194 Å². The van der Waals surface area contributed by atoms with Crippen molar-refractivity contribution in [3.63, 3.8) is 0 Å². The number of pyridine rings is 1. The van der Waals surface area contributed by atoms with E-state index in [0.29, 0.717) is 30.5 Å². The number of hydrogen-bond acceptors (Lipinski definition) is 6. The highest BCUT2D eigenvalue weighted by atomic mass is 28.3. The number of ether oxygens (including phenoxy) is 3. The van der Waals surface area contributed by atoms with Crippen LogP contribution in [0.3, 0.4) is 0 Å². The summed E-state index contributed by atoms with van der Waals surface area (Å²) in [6.07, 6.45) is 5.20. The molecule has 33 heavy (non-hydrogen) atoms. The van der Waals surface area contributed by atoms with Gasteiger partial charge in [0.05, 0.1) is 18.5 Å². The maximum absolute atomic E-state index is 11.9. The van der Waals surface area contributed by atoms with E-state index in [1.54, 1.807) is 36.0 Å². The number of fused-ring (bicyclic) bond motifs is 1. The Hall–Kier alpha value is -3.43. The Morgan fingerprint density at radius 2 is 1.82 bits per heavy atom. The van der Waals surface area contributed by atoms with Gasteiger partial charge in [0, 0.05) is 33.4 Å². The predicted octanol–water partition coefficient (Wildman–Crippen LogP) is 4.63. The lowest BCUT2D eigenvalue weighted by atomic mass is 10.1. The van der Waals surface area contributed by atoms with Crippen LogP contribution >= 0.6 is 0 Å². The van der Waals surface area contributed by atoms with Crippen molar-refractivity contribution < 1.29 is 19.0 Å². The summed E-state index contributed by atoms with van der Waals surface area (Å²) in [7, 11) is -0.603. The van der Waals surface area contributed by atoms with E-state index in [2.05, 4.69) is 23.2 Å². The molecule has 3 aromatic heterocycles. The topological polar surface area (TPSA) is 79.9 Å². The molecule has 0 N–H and O–H groups in total. The molecule has 0 bridgehead atoms. The van der Waals surface area contributed by atoms with Crippen molar-refractivity contribution in [1.29, 1.82) is 0 Å². The minimum absolute atomic E-state index is 0.269. The predicted molar refractivity (Wildman–Crippen MR) is 129 cm³/mol. The fourth-order valence-electron chi connectivity index (χ4n) is 3.32. The quantitative estimate of drug-likeness (QED) is 0.193. The van der Waals surface area contributed by atoms with Crippen molar-refractivity contribution in [2.24, 2.45) is 0 Å². The standard InChI is InChI=1S/C24H28N4O4Si/c1-4-31-24(29)21-16-27-15-20(9-10-23(27)26-21)32-19-7-5-18(6-8-19)22-11-12-25-28(22)17-30-13-14-33(2)3/h5-12,15-16,33H,4,13-14,17H2,1-3H3. The number of rotatable bonds is 10. The highest BCUT2D eigenvalue weighted by Crippen LogP contribution is 2.26. The highest BCUT2D eigenvalue weighted by Gasteiger charge is 2.12. The van der Waals surface area contributed by atoms with Crippen LogP contribution in [0.15, 0.2) is 61.1 Å². The van der Waals surface area contributed by atoms with Gasteiger partial charge < -0.3 is 18.6 Å². The minimum atomic E-state index is -0.603. The molecule has 0 aliphatic heterocycles. The molecule has 0 saturated heterocycles. The normalized spacial score (nSPS) is 11.3. The smallest absolute Gasteiger partial charge is 0.358 e. The van der Waals surface area contributed by atoms with Gasteiger partial charge in [0.15, 0.2) is 5.69 Å². The molecule has 0 unspecified atom stereocenters. The van der Waals surface area contributed by atoms with Gasteiger partial charge >= 0.3 is 5.97 Å². The lowest BCUT2D eigenvalue weighted by Gasteiger charge is -2.10. The molecule has 0 aliphatic carbocycles. The first kappa shape index (κ1) is 22.7. The second-order valence-electron chi connectivity index (χ2n) is 8.04. The van der Waals surface area contributed by atoms with E-state index in [1.165, 1.54) is 0 Å². The Balaban J connectivity index is 1.42. The molecule has 0 aliphatic rings. The number of carbonyl (C=O) groups excluding carboxylic acids is 1. The van der Waals surface area contributed by atoms with E-state index in [0.717, 1.165) is 23.9 Å². The van der Waals surface area contributed by atoms with E-state index in [-0.39, 0.29) is 5.69 Å². The molecule has 0 amide bonds. The molecular weight excluding hydrogens is 436 g/mol.